The molecule has 0 atom stereocenters. The van der Waals surface area contributed by atoms with E-state index in [9.17, 15) is 4.79 Å². The Labute approximate surface area is 137 Å². The van der Waals surface area contributed by atoms with Crippen LogP contribution in [0.1, 0.15) is 80.6 Å². The molecule has 1 amide bonds. The minimum atomic E-state index is 0.0690. The molecule has 1 aliphatic heterocycles. The van der Waals surface area contributed by atoms with Crippen molar-refractivity contribution >= 4 is 5.91 Å². The largest absolute Gasteiger partial charge is 0.336 e. The van der Waals surface area contributed by atoms with Crippen molar-refractivity contribution in [2.45, 2.75) is 97.7 Å². The molecule has 0 aliphatic carbocycles. The normalized spacial score (nSPS) is 21.7. The van der Waals surface area contributed by atoms with Crippen LogP contribution in [0.25, 0.3) is 0 Å². The molecule has 1 heterocycles. The summed E-state index contributed by atoms with van der Waals surface area (Å²) in [7, 11) is 0. The first-order valence-electron chi connectivity index (χ1n) is 8.89. The lowest BCUT2D eigenvalue weighted by molar-refractivity contribution is -0.131. The first-order chi connectivity index (χ1) is 10.1. The topological polar surface area (TPSA) is 32.3 Å². The molecule has 1 fully saturated rings. The highest BCUT2D eigenvalue weighted by atomic mass is 16.2. The van der Waals surface area contributed by atoms with Crippen molar-refractivity contribution < 1.29 is 4.79 Å². The fourth-order valence-electron chi connectivity index (χ4n) is 3.89. The molecule has 0 aromatic carbocycles. The molecule has 22 heavy (non-hydrogen) atoms. The molecule has 3 heteroatoms. The van der Waals surface area contributed by atoms with Crippen LogP contribution >= 0.6 is 0 Å². The molecule has 128 valence electrons. The number of carbonyl (C=O) groups excluding carboxylic acids is 1. The number of rotatable bonds is 6. The molecule has 3 nitrogen and oxygen atoms in total. The summed E-state index contributed by atoms with van der Waals surface area (Å²) in [5, 5.41) is 3.71. The van der Waals surface area contributed by atoms with Crippen molar-refractivity contribution in [3.63, 3.8) is 0 Å². The SMILES string of the molecule is CC/C=C(\C)C(=O)N(CCCC)C1CC(C)(C)NC(C)(C)C1. The second kappa shape index (κ2) is 7.63. The summed E-state index contributed by atoms with van der Waals surface area (Å²) in [6, 6.07) is 0.325. The number of carbonyl (C=O) groups is 1. The molecule has 0 radical (unpaired) electrons. The van der Waals surface area contributed by atoms with Gasteiger partial charge in [0.1, 0.15) is 0 Å². The molecular formula is C19H36N2O. The van der Waals surface area contributed by atoms with Gasteiger partial charge in [-0.15, -0.1) is 0 Å². The van der Waals surface area contributed by atoms with Crippen LogP contribution in [-0.4, -0.2) is 34.5 Å². The van der Waals surface area contributed by atoms with Gasteiger partial charge in [0, 0.05) is 29.2 Å². The number of amides is 1. The molecule has 1 saturated heterocycles. The van der Waals surface area contributed by atoms with Gasteiger partial charge in [0.05, 0.1) is 0 Å². The van der Waals surface area contributed by atoms with Crippen LogP contribution in [0.15, 0.2) is 11.6 Å². The summed E-state index contributed by atoms with van der Waals surface area (Å²) in [5.41, 5.74) is 1.03. The van der Waals surface area contributed by atoms with Crippen molar-refractivity contribution in [2.24, 2.45) is 0 Å². The Bertz CT molecular complexity index is 394. The molecule has 0 saturated carbocycles. The monoisotopic (exact) mass is 308 g/mol. The van der Waals surface area contributed by atoms with E-state index in [0.717, 1.165) is 44.2 Å². The second-order valence-corrected chi connectivity index (χ2v) is 8.10. The maximum absolute atomic E-state index is 12.9. The third kappa shape index (κ3) is 5.42. The van der Waals surface area contributed by atoms with E-state index in [4.69, 9.17) is 0 Å². The predicted octanol–water partition coefficient (Wildman–Crippen LogP) is 4.28. The van der Waals surface area contributed by atoms with Crippen LogP contribution < -0.4 is 5.32 Å². The summed E-state index contributed by atoms with van der Waals surface area (Å²) in [4.78, 5) is 15.0. The molecule has 1 rings (SSSR count). The number of nitrogens with one attached hydrogen (secondary N) is 1. The fraction of sp³-hybridized carbons (Fsp3) is 0.842. The van der Waals surface area contributed by atoms with Crippen LogP contribution in [0.4, 0.5) is 0 Å². The molecule has 0 spiro atoms. The number of unbranched alkanes of at least 4 members (excludes halogenated alkanes) is 1. The maximum atomic E-state index is 12.9. The Morgan fingerprint density at radius 3 is 2.18 bits per heavy atom. The van der Waals surface area contributed by atoms with Gasteiger partial charge in [-0.2, -0.15) is 0 Å². The van der Waals surface area contributed by atoms with Crippen molar-refractivity contribution in [2.75, 3.05) is 6.54 Å². The van der Waals surface area contributed by atoms with Crippen LogP contribution in [0.2, 0.25) is 0 Å². The number of hydrogen-bond donors (Lipinski definition) is 1. The highest BCUT2D eigenvalue weighted by Gasteiger charge is 2.41. The first kappa shape index (κ1) is 19.2. The van der Waals surface area contributed by atoms with E-state index in [0.29, 0.717) is 6.04 Å². The Hall–Kier alpha value is -0.830. The maximum Gasteiger partial charge on any atom is 0.249 e. The third-order valence-electron chi connectivity index (χ3n) is 4.47. The zero-order valence-electron chi connectivity index (χ0n) is 15.8. The summed E-state index contributed by atoms with van der Waals surface area (Å²) in [6.45, 7) is 16.1. The molecule has 0 aromatic rings. The highest BCUT2D eigenvalue weighted by Crippen LogP contribution is 2.32. The van der Waals surface area contributed by atoms with E-state index in [1.807, 2.05) is 6.92 Å². The number of hydrogen-bond acceptors (Lipinski definition) is 2. The lowest BCUT2D eigenvalue weighted by Gasteiger charge is -2.49. The number of nitrogens with zero attached hydrogens (tertiary/aromatic N) is 1. The molecule has 0 bridgehead atoms. The average molecular weight is 309 g/mol. The fourth-order valence-corrected chi connectivity index (χ4v) is 3.89. The van der Waals surface area contributed by atoms with E-state index in [2.05, 4.69) is 57.8 Å². The average Bonchev–Trinajstić information content (AvgIpc) is 2.35. The van der Waals surface area contributed by atoms with Crippen molar-refractivity contribution in [1.82, 2.24) is 10.2 Å². The highest BCUT2D eigenvalue weighted by molar-refractivity contribution is 5.93. The van der Waals surface area contributed by atoms with Crippen LogP contribution in [0.3, 0.4) is 0 Å². The van der Waals surface area contributed by atoms with Gasteiger partial charge in [0.25, 0.3) is 0 Å². The molecule has 1 N–H and O–H groups in total. The quantitative estimate of drug-likeness (QED) is 0.743. The zero-order valence-corrected chi connectivity index (χ0v) is 15.8. The van der Waals surface area contributed by atoms with Gasteiger partial charge in [-0.3, -0.25) is 4.79 Å². The first-order valence-corrected chi connectivity index (χ1v) is 8.89. The molecular weight excluding hydrogens is 272 g/mol. The summed E-state index contributed by atoms with van der Waals surface area (Å²) in [6.07, 6.45) is 7.21. The van der Waals surface area contributed by atoms with Gasteiger partial charge in [-0.05, 0) is 60.3 Å². The van der Waals surface area contributed by atoms with E-state index in [1.54, 1.807) is 0 Å². The Balaban J connectivity index is 3.00. The van der Waals surface area contributed by atoms with Gasteiger partial charge >= 0.3 is 0 Å². The number of piperidine rings is 1. The lowest BCUT2D eigenvalue weighted by Crippen LogP contribution is -2.63. The minimum Gasteiger partial charge on any atom is -0.336 e. The Morgan fingerprint density at radius 1 is 1.18 bits per heavy atom. The standard InChI is InChI=1S/C19H36N2O/c1-8-10-12-21(17(22)15(3)11-9-2)16-13-18(4,5)20-19(6,7)14-16/h11,16,20H,8-10,12-14H2,1-7H3/b15-11+. The van der Waals surface area contributed by atoms with E-state index >= 15 is 0 Å². The Morgan fingerprint density at radius 2 is 1.73 bits per heavy atom. The summed E-state index contributed by atoms with van der Waals surface area (Å²) < 4.78 is 0. The zero-order chi connectivity index (χ0) is 17.0. The van der Waals surface area contributed by atoms with E-state index in [1.165, 1.54) is 0 Å². The molecule has 0 unspecified atom stereocenters. The van der Waals surface area contributed by atoms with Gasteiger partial charge in [0.15, 0.2) is 0 Å². The second-order valence-electron chi connectivity index (χ2n) is 8.10. The van der Waals surface area contributed by atoms with E-state index < -0.39 is 0 Å². The minimum absolute atomic E-state index is 0.0690. The van der Waals surface area contributed by atoms with Crippen LogP contribution in [0, 0.1) is 0 Å². The Kier molecular flexibility index (Phi) is 6.66. The van der Waals surface area contributed by atoms with Crippen LogP contribution in [0.5, 0.6) is 0 Å². The van der Waals surface area contributed by atoms with Crippen molar-refractivity contribution in [3.05, 3.63) is 11.6 Å². The van der Waals surface area contributed by atoms with Crippen molar-refractivity contribution in [3.8, 4) is 0 Å². The summed E-state index contributed by atoms with van der Waals surface area (Å²) >= 11 is 0. The predicted molar refractivity (Wildman–Crippen MR) is 95.0 cm³/mol. The molecule has 0 aromatic heterocycles. The van der Waals surface area contributed by atoms with Gasteiger partial charge < -0.3 is 10.2 Å². The molecule has 1 aliphatic rings. The summed E-state index contributed by atoms with van der Waals surface area (Å²) in [5.74, 6) is 0.230. The lowest BCUT2D eigenvalue weighted by atomic mass is 9.78. The van der Waals surface area contributed by atoms with Gasteiger partial charge in [-0.25, -0.2) is 0 Å². The van der Waals surface area contributed by atoms with Gasteiger partial charge in [-0.1, -0.05) is 26.3 Å². The van der Waals surface area contributed by atoms with Crippen molar-refractivity contribution in [1.29, 1.82) is 0 Å². The van der Waals surface area contributed by atoms with E-state index in [-0.39, 0.29) is 17.0 Å². The van der Waals surface area contributed by atoms with Crippen LogP contribution in [-0.2, 0) is 4.79 Å². The number of allylic oxidation sites excluding steroid dienone is 1. The smallest absolute Gasteiger partial charge is 0.249 e. The third-order valence-corrected chi connectivity index (χ3v) is 4.47. The van der Waals surface area contributed by atoms with Gasteiger partial charge in [0.2, 0.25) is 5.91 Å².